The number of H-pyrrole nitrogens is 1. The summed E-state index contributed by atoms with van der Waals surface area (Å²) < 4.78 is 42.2. The van der Waals surface area contributed by atoms with Gasteiger partial charge in [-0.3, -0.25) is 4.79 Å². The average molecular weight is 388 g/mol. The number of para-hydroxylation sites is 1. The molecule has 0 atom stereocenters. The van der Waals surface area contributed by atoms with Crippen LogP contribution in [0.2, 0.25) is 0 Å². The van der Waals surface area contributed by atoms with Crippen molar-refractivity contribution in [3.8, 4) is 17.0 Å². The number of piperidine rings is 1. The van der Waals surface area contributed by atoms with Crippen molar-refractivity contribution in [3.63, 3.8) is 0 Å². The topological polar surface area (TPSA) is 45.3 Å². The first-order valence-corrected chi connectivity index (χ1v) is 9.18. The molecule has 3 aromatic rings. The van der Waals surface area contributed by atoms with Crippen LogP contribution in [-0.2, 0) is 0 Å². The minimum atomic E-state index is -4.81. The fraction of sp³-hybridized carbons (Fsp3) is 0.286. The molecule has 0 spiro atoms. The lowest BCUT2D eigenvalue weighted by Crippen LogP contribution is -2.29. The molecule has 0 amide bonds. The summed E-state index contributed by atoms with van der Waals surface area (Å²) >= 11 is 0. The number of nitrogens with one attached hydrogen (secondary N) is 1. The summed E-state index contributed by atoms with van der Waals surface area (Å²) in [6.07, 6.45) is -1.34. The van der Waals surface area contributed by atoms with Crippen molar-refractivity contribution in [3.05, 3.63) is 58.9 Å². The second-order valence-corrected chi connectivity index (χ2v) is 6.88. The molecule has 2 heterocycles. The molecule has 4 nitrogen and oxygen atoms in total. The standard InChI is InChI=1S/C21H19F3N2O2/c22-21(23,24)28-19-7-3-2-6-16(19)18-12-14-8-9-15(13-17(14)20(27)25-18)26-10-4-1-5-11-26/h2-3,6-9,12-13H,1,4-5,10-11H2,(H,25,27). The molecule has 1 aliphatic heterocycles. The molecule has 0 saturated carbocycles. The maximum absolute atomic E-state index is 12.7. The van der Waals surface area contributed by atoms with Crippen molar-refractivity contribution < 1.29 is 17.9 Å². The van der Waals surface area contributed by atoms with E-state index in [1.54, 1.807) is 12.1 Å². The molecule has 4 rings (SSSR count). The van der Waals surface area contributed by atoms with E-state index in [0.29, 0.717) is 10.8 Å². The number of rotatable bonds is 3. The molecule has 1 aliphatic rings. The van der Waals surface area contributed by atoms with Crippen molar-refractivity contribution in [1.29, 1.82) is 0 Å². The molecule has 1 aromatic heterocycles. The number of ether oxygens (including phenoxy) is 1. The van der Waals surface area contributed by atoms with Crippen LogP contribution in [0.15, 0.2) is 53.3 Å². The lowest BCUT2D eigenvalue weighted by Gasteiger charge is -2.29. The van der Waals surface area contributed by atoms with Crippen LogP contribution < -0.4 is 15.2 Å². The van der Waals surface area contributed by atoms with E-state index >= 15 is 0 Å². The van der Waals surface area contributed by atoms with E-state index < -0.39 is 6.36 Å². The van der Waals surface area contributed by atoms with Crippen LogP contribution in [0.3, 0.4) is 0 Å². The largest absolute Gasteiger partial charge is 0.573 e. The number of hydrogen-bond donors (Lipinski definition) is 1. The van der Waals surface area contributed by atoms with Crippen LogP contribution in [0.1, 0.15) is 19.3 Å². The predicted molar refractivity (Wildman–Crippen MR) is 103 cm³/mol. The highest BCUT2D eigenvalue weighted by Crippen LogP contribution is 2.33. The van der Waals surface area contributed by atoms with Crippen LogP contribution in [0, 0.1) is 0 Å². The number of benzene rings is 2. The number of pyridine rings is 1. The Hall–Kier alpha value is -2.96. The molecule has 146 valence electrons. The molecule has 0 radical (unpaired) electrons. The number of aromatic amines is 1. The number of hydrogen-bond acceptors (Lipinski definition) is 3. The Morgan fingerprint density at radius 3 is 2.46 bits per heavy atom. The first-order valence-electron chi connectivity index (χ1n) is 9.18. The van der Waals surface area contributed by atoms with Gasteiger partial charge in [0.05, 0.1) is 5.69 Å². The summed E-state index contributed by atoms with van der Waals surface area (Å²) in [4.78, 5) is 17.6. The molecule has 1 saturated heterocycles. The van der Waals surface area contributed by atoms with Gasteiger partial charge in [-0.15, -0.1) is 13.2 Å². The Bertz CT molecular complexity index is 1050. The van der Waals surface area contributed by atoms with E-state index in [2.05, 4.69) is 14.6 Å². The number of halogens is 3. The third-order valence-corrected chi connectivity index (χ3v) is 4.95. The lowest BCUT2D eigenvalue weighted by atomic mass is 10.0. The van der Waals surface area contributed by atoms with E-state index in [0.717, 1.165) is 31.6 Å². The second kappa shape index (κ2) is 7.22. The summed E-state index contributed by atoms with van der Waals surface area (Å²) in [5.41, 5.74) is 1.11. The number of aromatic nitrogens is 1. The van der Waals surface area contributed by atoms with Gasteiger partial charge in [0.15, 0.2) is 0 Å². The van der Waals surface area contributed by atoms with Crippen molar-refractivity contribution in [2.45, 2.75) is 25.6 Å². The molecular weight excluding hydrogens is 369 g/mol. The van der Waals surface area contributed by atoms with Gasteiger partial charge in [0.1, 0.15) is 5.75 Å². The van der Waals surface area contributed by atoms with Gasteiger partial charge in [-0.2, -0.15) is 0 Å². The Morgan fingerprint density at radius 2 is 1.71 bits per heavy atom. The summed E-state index contributed by atoms with van der Waals surface area (Å²) in [6.45, 7) is 1.92. The minimum Gasteiger partial charge on any atom is -0.405 e. The normalized spacial score (nSPS) is 15.0. The highest BCUT2D eigenvalue weighted by Gasteiger charge is 2.32. The van der Waals surface area contributed by atoms with Gasteiger partial charge in [-0.25, -0.2) is 0 Å². The van der Waals surface area contributed by atoms with Crippen LogP contribution in [0.5, 0.6) is 5.75 Å². The van der Waals surface area contributed by atoms with E-state index in [-0.39, 0.29) is 22.6 Å². The van der Waals surface area contributed by atoms with E-state index in [1.807, 2.05) is 18.2 Å². The Balaban J connectivity index is 1.76. The van der Waals surface area contributed by atoms with Crippen LogP contribution >= 0.6 is 0 Å². The van der Waals surface area contributed by atoms with Crippen LogP contribution in [0.4, 0.5) is 18.9 Å². The van der Waals surface area contributed by atoms with Crippen molar-refractivity contribution in [2.75, 3.05) is 18.0 Å². The fourth-order valence-corrected chi connectivity index (χ4v) is 3.64. The van der Waals surface area contributed by atoms with Crippen molar-refractivity contribution >= 4 is 16.5 Å². The summed E-state index contributed by atoms with van der Waals surface area (Å²) in [5.74, 6) is -0.352. The molecule has 28 heavy (non-hydrogen) atoms. The average Bonchev–Trinajstić information content (AvgIpc) is 2.67. The van der Waals surface area contributed by atoms with Gasteiger partial charge < -0.3 is 14.6 Å². The molecule has 0 unspecified atom stereocenters. The van der Waals surface area contributed by atoms with E-state index in [4.69, 9.17) is 0 Å². The zero-order chi connectivity index (χ0) is 19.7. The summed E-state index contributed by atoms with van der Waals surface area (Å²) in [7, 11) is 0. The SMILES string of the molecule is O=c1[nH]c(-c2ccccc2OC(F)(F)F)cc2ccc(N3CCCCC3)cc12. The quantitative estimate of drug-likeness (QED) is 0.680. The third-order valence-electron chi connectivity index (χ3n) is 4.95. The Kier molecular flexibility index (Phi) is 4.75. The summed E-state index contributed by atoms with van der Waals surface area (Å²) in [5, 5.41) is 1.18. The first-order chi connectivity index (χ1) is 13.4. The second-order valence-electron chi connectivity index (χ2n) is 6.88. The number of alkyl halides is 3. The Morgan fingerprint density at radius 1 is 0.964 bits per heavy atom. The highest BCUT2D eigenvalue weighted by molar-refractivity contribution is 5.88. The Labute approximate surface area is 159 Å². The van der Waals surface area contributed by atoms with E-state index in [1.165, 1.54) is 24.6 Å². The first kappa shape index (κ1) is 18.4. The van der Waals surface area contributed by atoms with Gasteiger partial charge >= 0.3 is 6.36 Å². The molecule has 1 fully saturated rings. The maximum atomic E-state index is 12.7. The van der Waals surface area contributed by atoms with Crippen molar-refractivity contribution in [1.82, 2.24) is 4.98 Å². The van der Waals surface area contributed by atoms with Gasteiger partial charge in [-0.05, 0) is 55.0 Å². The van der Waals surface area contributed by atoms with Gasteiger partial charge in [0, 0.05) is 29.7 Å². The predicted octanol–water partition coefficient (Wildman–Crippen LogP) is 5.08. The number of fused-ring (bicyclic) bond motifs is 1. The molecule has 2 aromatic carbocycles. The monoisotopic (exact) mass is 388 g/mol. The molecular formula is C21H19F3N2O2. The van der Waals surface area contributed by atoms with Crippen molar-refractivity contribution in [2.24, 2.45) is 0 Å². The zero-order valence-corrected chi connectivity index (χ0v) is 15.1. The van der Waals surface area contributed by atoms with Crippen LogP contribution in [-0.4, -0.2) is 24.4 Å². The number of anilines is 1. The lowest BCUT2D eigenvalue weighted by molar-refractivity contribution is -0.274. The third kappa shape index (κ3) is 3.83. The fourth-order valence-electron chi connectivity index (χ4n) is 3.64. The highest BCUT2D eigenvalue weighted by atomic mass is 19.4. The molecule has 1 N–H and O–H groups in total. The van der Waals surface area contributed by atoms with Gasteiger partial charge in [-0.1, -0.05) is 18.2 Å². The smallest absolute Gasteiger partial charge is 0.405 e. The maximum Gasteiger partial charge on any atom is 0.573 e. The van der Waals surface area contributed by atoms with Gasteiger partial charge in [0.25, 0.3) is 5.56 Å². The molecule has 0 aliphatic carbocycles. The van der Waals surface area contributed by atoms with Crippen LogP contribution in [0.25, 0.3) is 22.0 Å². The zero-order valence-electron chi connectivity index (χ0n) is 15.1. The number of nitrogens with zero attached hydrogens (tertiary/aromatic N) is 1. The molecule has 0 bridgehead atoms. The van der Waals surface area contributed by atoms with Gasteiger partial charge in [0.2, 0.25) is 0 Å². The van der Waals surface area contributed by atoms with E-state index in [9.17, 15) is 18.0 Å². The molecule has 7 heteroatoms. The summed E-state index contributed by atoms with van der Waals surface area (Å²) in [6, 6.07) is 13.1. The minimum absolute atomic E-state index is 0.180.